The number of nitrogens with zero attached hydrogens (tertiary/aromatic N) is 2. The smallest absolute Gasteiger partial charge is 0.260 e. The molecule has 7 heteroatoms. The van der Waals surface area contributed by atoms with Crippen LogP contribution in [0.15, 0.2) is 11.2 Å². The summed E-state index contributed by atoms with van der Waals surface area (Å²) < 4.78 is 26.6. The Kier molecular flexibility index (Phi) is 6.47. The summed E-state index contributed by atoms with van der Waals surface area (Å²) in [5.41, 5.74) is 0.691. The number of aromatic amines is 1. The molecule has 1 aromatic rings. The Bertz CT molecular complexity index is 470. The van der Waals surface area contributed by atoms with E-state index < -0.39 is 10.0 Å². The lowest BCUT2D eigenvalue weighted by Gasteiger charge is -2.19. The molecule has 0 saturated carbocycles. The maximum Gasteiger partial charge on any atom is 0.260 e. The highest BCUT2D eigenvalue weighted by Crippen LogP contribution is 2.17. The lowest BCUT2D eigenvalue weighted by molar-refractivity contribution is 0.416. The predicted molar refractivity (Wildman–Crippen MR) is 75.3 cm³/mol. The van der Waals surface area contributed by atoms with Crippen LogP contribution >= 0.6 is 0 Å². The van der Waals surface area contributed by atoms with Crippen molar-refractivity contribution in [2.75, 3.05) is 19.6 Å². The third kappa shape index (κ3) is 4.02. The van der Waals surface area contributed by atoms with E-state index in [2.05, 4.69) is 15.5 Å². The molecule has 110 valence electrons. The second kappa shape index (κ2) is 7.62. The van der Waals surface area contributed by atoms with Crippen molar-refractivity contribution in [3.63, 3.8) is 0 Å². The number of sulfonamides is 1. The van der Waals surface area contributed by atoms with Crippen LogP contribution in [0.3, 0.4) is 0 Å². The number of aromatic nitrogens is 2. The van der Waals surface area contributed by atoms with Gasteiger partial charge in [0.05, 0.1) is 6.20 Å². The lowest BCUT2D eigenvalue weighted by Crippen LogP contribution is -2.33. The molecule has 0 aliphatic carbocycles. The molecule has 0 unspecified atom stereocenters. The van der Waals surface area contributed by atoms with Crippen LogP contribution in [0.1, 0.15) is 39.2 Å². The van der Waals surface area contributed by atoms with Gasteiger partial charge in [0.15, 0.2) is 5.03 Å². The molecule has 0 spiro atoms. The Labute approximate surface area is 115 Å². The molecule has 0 atom stereocenters. The van der Waals surface area contributed by atoms with E-state index in [0.717, 1.165) is 19.4 Å². The molecule has 0 amide bonds. The SMILES string of the molecule is CCCCN(CC)S(=O)(=O)c1[nH]ncc1CNCC. The molecule has 0 fully saturated rings. The highest BCUT2D eigenvalue weighted by molar-refractivity contribution is 7.89. The van der Waals surface area contributed by atoms with Crippen molar-refractivity contribution in [3.8, 4) is 0 Å². The van der Waals surface area contributed by atoms with Gasteiger partial charge in [0.2, 0.25) is 0 Å². The van der Waals surface area contributed by atoms with E-state index >= 15 is 0 Å². The zero-order valence-electron chi connectivity index (χ0n) is 11.9. The first-order valence-electron chi connectivity index (χ1n) is 6.80. The molecule has 0 aliphatic rings. The molecule has 1 aromatic heterocycles. The van der Waals surface area contributed by atoms with Crippen molar-refractivity contribution in [3.05, 3.63) is 11.8 Å². The molecule has 19 heavy (non-hydrogen) atoms. The Balaban J connectivity index is 2.94. The van der Waals surface area contributed by atoms with Crippen molar-refractivity contribution in [2.45, 2.75) is 45.2 Å². The van der Waals surface area contributed by atoms with Gasteiger partial charge in [0.1, 0.15) is 0 Å². The van der Waals surface area contributed by atoms with Crippen LogP contribution in [-0.2, 0) is 16.6 Å². The Morgan fingerprint density at radius 2 is 2.11 bits per heavy atom. The second-order valence-corrected chi connectivity index (χ2v) is 6.23. The molecule has 1 heterocycles. The Hall–Kier alpha value is -0.920. The van der Waals surface area contributed by atoms with E-state index in [1.54, 1.807) is 6.20 Å². The fourth-order valence-corrected chi connectivity index (χ4v) is 3.41. The fourth-order valence-electron chi connectivity index (χ4n) is 1.82. The first kappa shape index (κ1) is 16.1. The topological polar surface area (TPSA) is 78.1 Å². The lowest BCUT2D eigenvalue weighted by atomic mass is 10.3. The number of hydrogen-bond acceptors (Lipinski definition) is 4. The highest BCUT2D eigenvalue weighted by Gasteiger charge is 2.26. The summed E-state index contributed by atoms with van der Waals surface area (Å²) in [4.78, 5) is 0. The van der Waals surface area contributed by atoms with Crippen LogP contribution in [0.4, 0.5) is 0 Å². The summed E-state index contributed by atoms with van der Waals surface area (Å²) in [6, 6.07) is 0. The van der Waals surface area contributed by atoms with E-state index in [0.29, 0.717) is 25.2 Å². The first-order valence-corrected chi connectivity index (χ1v) is 8.25. The molecular formula is C12H24N4O2S. The zero-order valence-corrected chi connectivity index (χ0v) is 12.8. The van der Waals surface area contributed by atoms with E-state index in [9.17, 15) is 8.42 Å². The van der Waals surface area contributed by atoms with Gasteiger partial charge in [-0.05, 0) is 13.0 Å². The second-order valence-electron chi connectivity index (χ2n) is 4.35. The van der Waals surface area contributed by atoms with Gasteiger partial charge in [-0.25, -0.2) is 8.42 Å². The van der Waals surface area contributed by atoms with Crippen LogP contribution in [0, 0.1) is 0 Å². The van der Waals surface area contributed by atoms with Crippen molar-refractivity contribution in [1.29, 1.82) is 0 Å². The van der Waals surface area contributed by atoms with Gasteiger partial charge in [0, 0.05) is 25.2 Å². The summed E-state index contributed by atoms with van der Waals surface area (Å²) in [6.45, 7) is 8.20. The van der Waals surface area contributed by atoms with Crippen molar-refractivity contribution < 1.29 is 8.42 Å². The van der Waals surface area contributed by atoms with Crippen LogP contribution < -0.4 is 5.32 Å². The summed E-state index contributed by atoms with van der Waals surface area (Å²) >= 11 is 0. The summed E-state index contributed by atoms with van der Waals surface area (Å²) in [5, 5.41) is 9.83. The first-order chi connectivity index (χ1) is 9.07. The minimum absolute atomic E-state index is 0.214. The van der Waals surface area contributed by atoms with Crippen LogP contribution in [0.2, 0.25) is 0 Å². The quantitative estimate of drug-likeness (QED) is 0.718. The predicted octanol–water partition coefficient (Wildman–Crippen LogP) is 1.33. The molecule has 1 rings (SSSR count). The normalized spacial score (nSPS) is 12.2. The third-order valence-electron chi connectivity index (χ3n) is 2.96. The number of nitrogens with one attached hydrogen (secondary N) is 2. The number of H-pyrrole nitrogens is 1. The Morgan fingerprint density at radius 3 is 2.68 bits per heavy atom. The monoisotopic (exact) mass is 288 g/mol. The van der Waals surface area contributed by atoms with E-state index in [1.807, 2.05) is 20.8 Å². The molecule has 0 aromatic carbocycles. The molecular weight excluding hydrogens is 264 g/mol. The van der Waals surface area contributed by atoms with E-state index in [-0.39, 0.29) is 5.03 Å². The van der Waals surface area contributed by atoms with Crippen molar-refractivity contribution >= 4 is 10.0 Å². The number of hydrogen-bond donors (Lipinski definition) is 2. The van der Waals surface area contributed by atoms with Gasteiger partial charge >= 0.3 is 0 Å². The summed E-state index contributed by atoms with van der Waals surface area (Å²) in [5.74, 6) is 0. The van der Waals surface area contributed by atoms with Gasteiger partial charge in [-0.2, -0.15) is 9.40 Å². The zero-order chi connectivity index (χ0) is 14.3. The molecule has 6 nitrogen and oxygen atoms in total. The molecule has 0 bridgehead atoms. The van der Waals surface area contributed by atoms with Crippen LogP contribution in [0.25, 0.3) is 0 Å². The highest BCUT2D eigenvalue weighted by atomic mass is 32.2. The summed E-state index contributed by atoms with van der Waals surface area (Å²) in [7, 11) is -3.47. The van der Waals surface area contributed by atoms with Gasteiger partial charge in [0.25, 0.3) is 10.0 Å². The van der Waals surface area contributed by atoms with Crippen molar-refractivity contribution in [2.24, 2.45) is 0 Å². The largest absolute Gasteiger partial charge is 0.313 e. The minimum atomic E-state index is -3.47. The summed E-state index contributed by atoms with van der Waals surface area (Å²) in [6.07, 6.45) is 3.41. The third-order valence-corrected chi connectivity index (χ3v) is 4.95. The van der Waals surface area contributed by atoms with E-state index in [1.165, 1.54) is 4.31 Å². The van der Waals surface area contributed by atoms with E-state index in [4.69, 9.17) is 0 Å². The van der Waals surface area contributed by atoms with Gasteiger partial charge in [-0.15, -0.1) is 0 Å². The average Bonchev–Trinajstić information content (AvgIpc) is 2.86. The average molecular weight is 288 g/mol. The maximum absolute atomic E-state index is 12.5. The molecule has 2 N–H and O–H groups in total. The minimum Gasteiger partial charge on any atom is -0.313 e. The van der Waals surface area contributed by atoms with Crippen LogP contribution in [0.5, 0.6) is 0 Å². The molecule has 0 aliphatic heterocycles. The van der Waals surface area contributed by atoms with Gasteiger partial charge in [-0.1, -0.05) is 27.2 Å². The standard InChI is InChI=1S/C12H24N4O2S/c1-4-7-8-16(6-3)19(17,18)12-11(9-13-5-2)10-14-15-12/h10,13H,4-9H2,1-3H3,(H,14,15). The Morgan fingerprint density at radius 1 is 1.37 bits per heavy atom. The molecule has 0 radical (unpaired) electrons. The number of unbranched alkanes of at least 4 members (excludes halogenated alkanes) is 1. The van der Waals surface area contributed by atoms with Gasteiger partial charge in [-0.3, -0.25) is 5.10 Å². The van der Waals surface area contributed by atoms with Crippen molar-refractivity contribution in [1.82, 2.24) is 19.8 Å². The van der Waals surface area contributed by atoms with Gasteiger partial charge < -0.3 is 5.32 Å². The fraction of sp³-hybridized carbons (Fsp3) is 0.750. The number of rotatable bonds is 9. The van der Waals surface area contributed by atoms with Crippen LogP contribution in [-0.4, -0.2) is 42.6 Å². The molecule has 0 saturated heterocycles. The maximum atomic E-state index is 12.5.